The molecule has 1 fully saturated rings. The number of rotatable bonds is 5. The van der Waals surface area contributed by atoms with Gasteiger partial charge in [-0.15, -0.1) is 12.3 Å². The molecule has 0 radical (unpaired) electrons. The molecule has 0 aliphatic heterocycles. The quantitative estimate of drug-likeness (QED) is 0.662. The van der Waals surface area contributed by atoms with Gasteiger partial charge in [-0.25, -0.2) is 0 Å². The number of hydrogen-bond donors (Lipinski definition) is 1. The molecule has 0 amide bonds. The standard InChI is InChI=1S/C13H23N/c1-4-8-13(5-2)14-11(3)12-9-6-7-10-12/h1,11-14H,5-10H2,2-3H3. The molecule has 1 nitrogen and oxygen atoms in total. The summed E-state index contributed by atoms with van der Waals surface area (Å²) in [7, 11) is 0. The molecule has 1 aliphatic carbocycles. The highest BCUT2D eigenvalue weighted by molar-refractivity contribution is 4.91. The van der Waals surface area contributed by atoms with Gasteiger partial charge < -0.3 is 5.32 Å². The van der Waals surface area contributed by atoms with Gasteiger partial charge in [0.15, 0.2) is 0 Å². The number of hydrogen-bond acceptors (Lipinski definition) is 1. The predicted octanol–water partition coefficient (Wildman–Crippen LogP) is 2.96. The second kappa shape index (κ2) is 6.09. The molecule has 1 N–H and O–H groups in total. The van der Waals surface area contributed by atoms with Crippen molar-refractivity contribution >= 4 is 0 Å². The molecule has 0 aromatic carbocycles. The molecule has 0 saturated heterocycles. The van der Waals surface area contributed by atoms with Crippen molar-refractivity contribution in [3.8, 4) is 12.3 Å². The molecule has 0 bridgehead atoms. The molecular weight excluding hydrogens is 170 g/mol. The summed E-state index contributed by atoms with van der Waals surface area (Å²) in [6, 6.07) is 1.17. The molecule has 0 aromatic rings. The third kappa shape index (κ3) is 3.35. The van der Waals surface area contributed by atoms with Gasteiger partial charge in [0.2, 0.25) is 0 Å². The molecule has 0 heterocycles. The lowest BCUT2D eigenvalue weighted by Crippen LogP contribution is -2.39. The Hall–Kier alpha value is -0.480. The van der Waals surface area contributed by atoms with Crippen LogP contribution in [0.2, 0.25) is 0 Å². The molecule has 1 heteroatoms. The maximum Gasteiger partial charge on any atom is 0.0240 e. The van der Waals surface area contributed by atoms with E-state index in [0.717, 1.165) is 18.8 Å². The first-order valence-electron chi connectivity index (χ1n) is 5.97. The van der Waals surface area contributed by atoms with Gasteiger partial charge in [0.25, 0.3) is 0 Å². The SMILES string of the molecule is C#CCC(CC)NC(C)C1CCCC1. The van der Waals surface area contributed by atoms with Gasteiger partial charge in [0.1, 0.15) is 0 Å². The maximum atomic E-state index is 5.34. The fraction of sp³-hybridized carbons (Fsp3) is 0.846. The highest BCUT2D eigenvalue weighted by Gasteiger charge is 2.22. The second-order valence-electron chi connectivity index (χ2n) is 4.51. The maximum absolute atomic E-state index is 5.34. The summed E-state index contributed by atoms with van der Waals surface area (Å²) < 4.78 is 0. The lowest BCUT2D eigenvalue weighted by Gasteiger charge is -2.25. The Morgan fingerprint density at radius 3 is 2.57 bits per heavy atom. The minimum absolute atomic E-state index is 0.524. The van der Waals surface area contributed by atoms with Gasteiger partial charge in [-0.2, -0.15) is 0 Å². The van der Waals surface area contributed by atoms with Crippen LogP contribution in [0.25, 0.3) is 0 Å². The lowest BCUT2D eigenvalue weighted by molar-refractivity contribution is 0.337. The topological polar surface area (TPSA) is 12.0 Å². The smallest absolute Gasteiger partial charge is 0.0240 e. The summed E-state index contributed by atoms with van der Waals surface area (Å²) in [6.45, 7) is 4.52. The van der Waals surface area contributed by atoms with Gasteiger partial charge in [-0.05, 0) is 32.1 Å². The third-order valence-corrected chi connectivity index (χ3v) is 3.46. The first kappa shape index (κ1) is 11.6. The van der Waals surface area contributed by atoms with Crippen LogP contribution in [-0.4, -0.2) is 12.1 Å². The van der Waals surface area contributed by atoms with E-state index in [1.807, 2.05) is 0 Å². The van der Waals surface area contributed by atoms with Crippen molar-refractivity contribution in [3.05, 3.63) is 0 Å². The van der Waals surface area contributed by atoms with E-state index in [2.05, 4.69) is 25.1 Å². The fourth-order valence-corrected chi connectivity index (χ4v) is 2.43. The van der Waals surface area contributed by atoms with Crippen molar-refractivity contribution in [2.45, 2.75) is 64.5 Å². The molecule has 2 unspecified atom stereocenters. The molecule has 1 aliphatic rings. The Labute approximate surface area is 88.7 Å². The van der Waals surface area contributed by atoms with Gasteiger partial charge in [-0.1, -0.05) is 19.8 Å². The van der Waals surface area contributed by atoms with Crippen LogP contribution >= 0.6 is 0 Å². The summed E-state index contributed by atoms with van der Waals surface area (Å²) >= 11 is 0. The van der Waals surface area contributed by atoms with Crippen LogP contribution < -0.4 is 5.32 Å². The average molecular weight is 193 g/mol. The Bertz CT molecular complexity index is 186. The lowest BCUT2D eigenvalue weighted by atomic mass is 9.98. The zero-order valence-corrected chi connectivity index (χ0v) is 9.55. The van der Waals surface area contributed by atoms with E-state index < -0.39 is 0 Å². The first-order chi connectivity index (χ1) is 6.77. The van der Waals surface area contributed by atoms with Crippen LogP contribution in [0.5, 0.6) is 0 Å². The largest absolute Gasteiger partial charge is 0.310 e. The molecule has 0 spiro atoms. The zero-order valence-electron chi connectivity index (χ0n) is 9.55. The van der Waals surface area contributed by atoms with Crippen LogP contribution in [0.4, 0.5) is 0 Å². The normalized spacial score (nSPS) is 21.8. The monoisotopic (exact) mass is 193 g/mol. The Balaban J connectivity index is 2.30. The van der Waals surface area contributed by atoms with Crippen molar-refractivity contribution in [3.63, 3.8) is 0 Å². The van der Waals surface area contributed by atoms with E-state index in [9.17, 15) is 0 Å². The first-order valence-corrected chi connectivity index (χ1v) is 5.97. The van der Waals surface area contributed by atoms with Crippen LogP contribution in [0.3, 0.4) is 0 Å². The minimum Gasteiger partial charge on any atom is -0.310 e. The van der Waals surface area contributed by atoms with Gasteiger partial charge in [0.05, 0.1) is 0 Å². The zero-order chi connectivity index (χ0) is 10.4. The molecular formula is C13H23N. The molecule has 80 valence electrons. The third-order valence-electron chi connectivity index (χ3n) is 3.46. The molecule has 1 saturated carbocycles. The van der Waals surface area contributed by atoms with Crippen molar-refractivity contribution in [1.29, 1.82) is 0 Å². The van der Waals surface area contributed by atoms with Crippen LogP contribution in [0.1, 0.15) is 52.4 Å². The summed E-state index contributed by atoms with van der Waals surface area (Å²) in [5.74, 6) is 3.64. The summed E-state index contributed by atoms with van der Waals surface area (Å²) in [5, 5.41) is 3.67. The van der Waals surface area contributed by atoms with E-state index in [4.69, 9.17) is 6.42 Å². The molecule has 1 rings (SSSR count). The van der Waals surface area contributed by atoms with Crippen LogP contribution in [-0.2, 0) is 0 Å². The van der Waals surface area contributed by atoms with Gasteiger partial charge >= 0.3 is 0 Å². The highest BCUT2D eigenvalue weighted by Crippen LogP contribution is 2.27. The van der Waals surface area contributed by atoms with Crippen molar-refractivity contribution < 1.29 is 0 Å². The van der Waals surface area contributed by atoms with Crippen molar-refractivity contribution in [2.75, 3.05) is 0 Å². The molecule has 2 atom stereocenters. The number of nitrogens with one attached hydrogen (secondary N) is 1. The Morgan fingerprint density at radius 1 is 1.43 bits per heavy atom. The fourth-order valence-electron chi connectivity index (χ4n) is 2.43. The van der Waals surface area contributed by atoms with E-state index in [1.165, 1.54) is 25.7 Å². The summed E-state index contributed by atoms with van der Waals surface area (Å²) in [6.07, 6.45) is 13.0. The van der Waals surface area contributed by atoms with Crippen molar-refractivity contribution in [2.24, 2.45) is 5.92 Å². The van der Waals surface area contributed by atoms with Gasteiger partial charge in [0, 0.05) is 18.5 Å². The molecule has 0 aromatic heterocycles. The predicted molar refractivity (Wildman–Crippen MR) is 62.1 cm³/mol. The highest BCUT2D eigenvalue weighted by atomic mass is 14.9. The van der Waals surface area contributed by atoms with E-state index in [-0.39, 0.29) is 0 Å². The van der Waals surface area contributed by atoms with E-state index in [1.54, 1.807) is 0 Å². The molecule has 14 heavy (non-hydrogen) atoms. The Kier molecular flexibility index (Phi) is 5.04. The average Bonchev–Trinajstić information content (AvgIpc) is 2.69. The summed E-state index contributed by atoms with van der Waals surface area (Å²) in [5.41, 5.74) is 0. The van der Waals surface area contributed by atoms with E-state index in [0.29, 0.717) is 12.1 Å². The van der Waals surface area contributed by atoms with Crippen molar-refractivity contribution in [1.82, 2.24) is 5.32 Å². The van der Waals surface area contributed by atoms with E-state index >= 15 is 0 Å². The summed E-state index contributed by atoms with van der Waals surface area (Å²) in [4.78, 5) is 0. The Morgan fingerprint density at radius 2 is 2.07 bits per heavy atom. The van der Waals surface area contributed by atoms with Crippen LogP contribution in [0.15, 0.2) is 0 Å². The number of terminal acetylenes is 1. The van der Waals surface area contributed by atoms with Gasteiger partial charge in [-0.3, -0.25) is 0 Å². The van der Waals surface area contributed by atoms with Crippen LogP contribution in [0, 0.1) is 18.3 Å². The minimum atomic E-state index is 0.524. The second-order valence-corrected chi connectivity index (χ2v) is 4.51.